The minimum atomic E-state index is -0.976. The van der Waals surface area contributed by atoms with Crippen LogP contribution in [0.1, 0.15) is 31.6 Å². The molecule has 0 fully saturated rings. The number of thiophene rings is 1. The summed E-state index contributed by atoms with van der Waals surface area (Å²) >= 11 is 7.25. The Bertz CT molecular complexity index is 307. The van der Waals surface area contributed by atoms with Gasteiger partial charge in [-0.15, -0.1) is 11.3 Å². The molecule has 0 saturated carbocycles. The van der Waals surface area contributed by atoms with Crippen molar-refractivity contribution in [2.75, 3.05) is 0 Å². The highest BCUT2D eigenvalue weighted by Crippen LogP contribution is 2.27. The molecule has 1 heterocycles. The molecule has 0 spiro atoms. The summed E-state index contributed by atoms with van der Waals surface area (Å²) in [7, 11) is 0. The van der Waals surface area contributed by atoms with Gasteiger partial charge in [-0.3, -0.25) is 0 Å². The van der Waals surface area contributed by atoms with Gasteiger partial charge in [-0.05, 0) is 25.0 Å². The summed E-state index contributed by atoms with van der Waals surface area (Å²) in [5.74, 6) is 0. The fourth-order valence-corrected chi connectivity index (χ4v) is 2.69. The third-order valence-corrected chi connectivity index (χ3v) is 4.12. The highest BCUT2D eigenvalue weighted by atomic mass is 35.5. The lowest BCUT2D eigenvalue weighted by Crippen LogP contribution is -2.42. The van der Waals surface area contributed by atoms with Crippen LogP contribution in [0.15, 0.2) is 12.1 Å². The highest BCUT2D eigenvalue weighted by Gasteiger charge is 2.31. The largest absolute Gasteiger partial charge is 0.390 e. The van der Waals surface area contributed by atoms with Gasteiger partial charge in [-0.2, -0.15) is 0 Å². The Morgan fingerprint density at radius 1 is 1.40 bits per heavy atom. The van der Waals surface area contributed by atoms with Gasteiger partial charge in [0.2, 0.25) is 0 Å². The number of aliphatic hydroxyl groups excluding tert-OH is 1. The van der Waals surface area contributed by atoms with E-state index in [9.17, 15) is 10.2 Å². The smallest absolute Gasteiger partial charge is 0.0931 e. The number of aliphatic hydroxyl groups is 2. The van der Waals surface area contributed by atoms with Gasteiger partial charge >= 0.3 is 0 Å². The molecule has 1 rings (SSSR count). The minimum Gasteiger partial charge on any atom is -0.390 e. The first-order chi connectivity index (χ1) is 7.01. The molecule has 0 saturated heterocycles. The van der Waals surface area contributed by atoms with Crippen LogP contribution in [-0.2, 0) is 6.42 Å². The molecule has 0 aliphatic carbocycles. The molecule has 0 amide bonds. The van der Waals surface area contributed by atoms with Gasteiger partial charge in [0.15, 0.2) is 0 Å². The number of halogens is 1. The first-order valence-electron chi connectivity index (χ1n) is 5.16. The molecule has 1 aromatic heterocycles. The van der Waals surface area contributed by atoms with Gasteiger partial charge in [-0.25, -0.2) is 0 Å². The average Bonchev–Trinajstić information content (AvgIpc) is 2.62. The molecular weight excluding hydrogens is 232 g/mol. The van der Waals surface area contributed by atoms with Crippen LogP contribution in [-0.4, -0.2) is 21.9 Å². The second-order valence-electron chi connectivity index (χ2n) is 3.74. The van der Waals surface area contributed by atoms with Crippen LogP contribution in [0.2, 0.25) is 4.34 Å². The molecule has 15 heavy (non-hydrogen) atoms. The van der Waals surface area contributed by atoms with Crippen LogP contribution >= 0.6 is 22.9 Å². The van der Waals surface area contributed by atoms with E-state index in [1.165, 1.54) is 11.3 Å². The zero-order chi connectivity index (χ0) is 11.5. The fraction of sp³-hybridized carbons (Fsp3) is 0.636. The number of rotatable bonds is 5. The van der Waals surface area contributed by atoms with Gasteiger partial charge < -0.3 is 10.2 Å². The van der Waals surface area contributed by atoms with Crippen molar-refractivity contribution in [1.82, 2.24) is 0 Å². The van der Waals surface area contributed by atoms with Crippen LogP contribution in [0, 0.1) is 0 Å². The molecule has 0 aliphatic heterocycles. The lowest BCUT2D eigenvalue weighted by molar-refractivity contribution is -0.0787. The van der Waals surface area contributed by atoms with E-state index in [2.05, 4.69) is 0 Å². The van der Waals surface area contributed by atoms with Crippen LogP contribution in [0.4, 0.5) is 0 Å². The Balaban J connectivity index is 2.65. The number of hydrogen-bond donors (Lipinski definition) is 2. The van der Waals surface area contributed by atoms with Crippen LogP contribution in [0.3, 0.4) is 0 Å². The van der Waals surface area contributed by atoms with E-state index >= 15 is 0 Å². The molecule has 4 heteroatoms. The molecule has 1 unspecified atom stereocenters. The summed E-state index contributed by atoms with van der Waals surface area (Å²) in [4.78, 5) is 1.01. The Morgan fingerprint density at radius 2 is 2.00 bits per heavy atom. The quantitative estimate of drug-likeness (QED) is 0.841. The zero-order valence-corrected chi connectivity index (χ0v) is 10.6. The van der Waals surface area contributed by atoms with Crippen molar-refractivity contribution >= 4 is 22.9 Å². The standard InChI is InChI=1S/C11H17ClO2S/c1-3-11(14,4-2)9(13)7-8-5-6-10(12)15-8/h5-6,9,13-14H,3-4,7H2,1-2H3. The van der Waals surface area contributed by atoms with Gasteiger partial charge in [-0.1, -0.05) is 25.4 Å². The maximum Gasteiger partial charge on any atom is 0.0931 e. The topological polar surface area (TPSA) is 40.5 Å². The van der Waals surface area contributed by atoms with Gasteiger partial charge in [0.1, 0.15) is 0 Å². The van der Waals surface area contributed by atoms with E-state index in [1.807, 2.05) is 26.0 Å². The highest BCUT2D eigenvalue weighted by molar-refractivity contribution is 7.16. The summed E-state index contributed by atoms with van der Waals surface area (Å²) in [5, 5.41) is 20.0. The van der Waals surface area contributed by atoms with Crippen molar-refractivity contribution in [2.24, 2.45) is 0 Å². The third-order valence-electron chi connectivity index (χ3n) is 2.87. The van der Waals surface area contributed by atoms with Crippen molar-refractivity contribution in [1.29, 1.82) is 0 Å². The number of hydrogen-bond acceptors (Lipinski definition) is 3. The van der Waals surface area contributed by atoms with Crippen molar-refractivity contribution in [2.45, 2.75) is 44.8 Å². The Kier molecular flexibility index (Phi) is 4.59. The molecule has 0 radical (unpaired) electrons. The van der Waals surface area contributed by atoms with E-state index in [4.69, 9.17) is 11.6 Å². The van der Waals surface area contributed by atoms with Gasteiger partial charge in [0.25, 0.3) is 0 Å². The summed E-state index contributed by atoms with van der Waals surface area (Å²) in [6, 6.07) is 3.70. The zero-order valence-electron chi connectivity index (χ0n) is 9.03. The van der Waals surface area contributed by atoms with E-state index < -0.39 is 11.7 Å². The lowest BCUT2D eigenvalue weighted by Gasteiger charge is -2.30. The molecule has 2 N–H and O–H groups in total. The summed E-state index contributed by atoms with van der Waals surface area (Å²) in [6.45, 7) is 3.77. The van der Waals surface area contributed by atoms with Crippen molar-refractivity contribution in [3.8, 4) is 0 Å². The lowest BCUT2D eigenvalue weighted by atomic mass is 9.88. The van der Waals surface area contributed by atoms with E-state index in [-0.39, 0.29) is 0 Å². The maximum atomic E-state index is 10.1. The normalized spacial score (nSPS) is 14.2. The first kappa shape index (κ1) is 13.0. The van der Waals surface area contributed by atoms with Crippen molar-refractivity contribution in [3.05, 3.63) is 21.3 Å². The Hall–Kier alpha value is -0.0900. The summed E-state index contributed by atoms with van der Waals surface area (Å²) in [6.07, 6.45) is 0.866. The average molecular weight is 249 g/mol. The predicted octanol–water partition coefficient (Wildman–Crippen LogP) is 2.86. The van der Waals surface area contributed by atoms with Crippen LogP contribution < -0.4 is 0 Å². The van der Waals surface area contributed by atoms with Crippen molar-refractivity contribution < 1.29 is 10.2 Å². The molecule has 0 aromatic carbocycles. The van der Waals surface area contributed by atoms with Crippen LogP contribution in [0.5, 0.6) is 0 Å². The molecule has 0 aliphatic rings. The predicted molar refractivity (Wildman–Crippen MR) is 64.6 cm³/mol. The van der Waals surface area contributed by atoms with E-state index in [0.29, 0.717) is 23.6 Å². The maximum absolute atomic E-state index is 10.1. The molecule has 2 nitrogen and oxygen atoms in total. The molecule has 1 aromatic rings. The summed E-state index contributed by atoms with van der Waals surface area (Å²) in [5.41, 5.74) is -0.976. The second kappa shape index (κ2) is 5.30. The van der Waals surface area contributed by atoms with Gasteiger partial charge in [0, 0.05) is 11.3 Å². The first-order valence-corrected chi connectivity index (χ1v) is 6.36. The molecule has 1 atom stereocenters. The monoisotopic (exact) mass is 248 g/mol. The van der Waals surface area contributed by atoms with E-state index in [1.54, 1.807) is 0 Å². The Morgan fingerprint density at radius 3 is 2.40 bits per heavy atom. The summed E-state index contributed by atoms with van der Waals surface area (Å²) < 4.78 is 0.716. The van der Waals surface area contributed by atoms with Gasteiger partial charge in [0.05, 0.1) is 16.0 Å². The molecular formula is C11H17ClO2S. The Labute approximate surface area is 99.5 Å². The molecule has 0 bridgehead atoms. The third kappa shape index (κ3) is 3.18. The molecule has 86 valence electrons. The fourth-order valence-electron chi connectivity index (χ4n) is 1.56. The SMILES string of the molecule is CCC(O)(CC)C(O)Cc1ccc(Cl)s1. The second-order valence-corrected chi connectivity index (χ2v) is 5.54. The van der Waals surface area contributed by atoms with Crippen molar-refractivity contribution in [3.63, 3.8) is 0 Å². The van der Waals surface area contributed by atoms with E-state index in [0.717, 1.165) is 4.88 Å². The van der Waals surface area contributed by atoms with Crippen LogP contribution in [0.25, 0.3) is 0 Å². The minimum absolute atomic E-state index is 0.468.